The summed E-state index contributed by atoms with van der Waals surface area (Å²) in [6.07, 6.45) is 5.09. The third-order valence-electron chi connectivity index (χ3n) is 8.19. The zero-order valence-electron chi connectivity index (χ0n) is 15.1. The van der Waals surface area contributed by atoms with Crippen LogP contribution in [0.1, 0.15) is 33.1 Å². The van der Waals surface area contributed by atoms with Gasteiger partial charge in [-0.25, -0.2) is 0 Å². The van der Waals surface area contributed by atoms with Gasteiger partial charge in [-0.05, 0) is 42.6 Å². The summed E-state index contributed by atoms with van der Waals surface area (Å²) in [5.74, 6) is -1.48. The molecule has 5 rings (SSSR count). The van der Waals surface area contributed by atoms with E-state index in [0.29, 0.717) is 19.4 Å². The highest BCUT2D eigenvalue weighted by molar-refractivity contribution is 6.00. The zero-order valence-corrected chi connectivity index (χ0v) is 15.1. The summed E-state index contributed by atoms with van der Waals surface area (Å²) >= 11 is 0. The number of aliphatic hydroxyl groups excluding tert-OH is 1. The number of hydrogen-bond donors (Lipinski definition) is 1. The van der Waals surface area contributed by atoms with Gasteiger partial charge in [-0.1, -0.05) is 19.9 Å². The molecule has 1 N–H and O–H groups in total. The van der Waals surface area contributed by atoms with Crippen LogP contribution in [0.4, 0.5) is 0 Å². The van der Waals surface area contributed by atoms with Crippen molar-refractivity contribution in [2.75, 3.05) is 13.2 Å². The fourth-order valence-corrected chi connectivity index (χ4v) is 6.82. The monoisotopic (exact) mass is 360 g/mol. The van der Waals surface area contributed by atoms with E-state index < -0.39 is 45.8 Å². The zero-order chi connectivity index (χ0) is 18.5. The molecule has 2 aliphatic heterocycles. The van der Waals surface area contributed by atoms with Gasteiger partial charge < -0.3 is 19.4 Å². The molecule has 6 heteroatoms. The highest BCUT2D eigenvalue weighted by Crippen LogP contribution is 2.71. The number of allylic oxidation sites excluding steroid dienone is 2. The van der Waals surface area contributed by atoms with Gasteiger partial charge in [0.05, 0.1) is 12.0 Å². The third kappa shape index (κ3) is 1.56. The summed E-state index contributed by atoms with van der Waals surface area (Å²) in [5.41, 5.74) is -3.42. The van der Waals surface area contributed by atoms with Gasteiger partial charge in [-0.15, -0.1) is 0 Å². The molecule has 26 heavy (non-hydrogen) atoms. The Morgan fingerprint density at radius 3 is 2.58 bits per heavy atom. The van der Waals surface area contributed by atoms with Crippen molar-refractivity contribution in [3.63, 3.8) is 0 Å². The summed E-state index contributed by atoms with van der Waals surface area (Å²) in [7, 11) is 0. The average molecular weight is 360 g/mol. The number of fused-ring (bicyclic) bond motifs is 3. The maximum Gasteiger partial charge on any atom is 0.315 e. The number of rotatable bonds is 1. The summed E-state index contributed by atoms with van der Waals surface area (Å²) in [6.45, 7) is 4.23. The molecule has 3 spiro atoms. The first-order valence-corrected chi connectivity index (χ1v) is 9.44. The molecule has 6 nitrogen and oxygen atoms in total. The Labute approximate surface area is 151 Å². The van der Waals surface area contributed by atoms with E-state index in [2.05, 4.69) is 0 Å². The smallest absolute Gasteiger partial charge is 0.315 e. The van der Waals surface area contributed by atoms with Crippen LogP contribution in [0.15, 0.2) is 12.2 Å². The van der Waals surface area contributed by atoms with Crippen molar-refractivity contribution >= 4 is 18.0 Å². The SMILES string of the molecule is CC1(C)C=CC(=O)[C@]2(COC(=O)[C@]34C[C@@H](CC[C@@H]23)[C@@]2(CO2)[C@@H]4O)[C@@H]1C=O. The molecule has 2 saturated carbocycles. The minimum atomic E-state index is -1.14. The Bertz CT molecular complexity index is 749. The third-order valence-corrected chi connectivity index (χ3v) is 8.19. The van der Waals surface area contributed by atoms with Crippen molar-refractivity contribution in [1.29, 1.82) is 0 Å². The molecule has 0 unspecified atom stereocenters. The Balaban J connectivity index is 1.71. The number of aldehydes is 1. The molecular weight excluding hydrogens is 336 g/mol. The van der Waals surface area contributed by atoms with Crippen molar-refractivity contribution < 1.29 is 29.0 Å². The Kier molecular flexibility index (Phi) is 2.98. The summed E-state index contributed by atoms with van der Waals surface area (Å²) in [5, 5.41) is 11.2. The van der Waals surface area contributed by atoms with Crippen LogP contribution in [0.25, 0.3) is 0 Å². The predicted molar refractivity (Wildman–Crippen MR) is 88.8 cm³/mol. The lowest BCUT2D eigenvalue weighted by Crippen LogP contribution is -2.67. The highest BCUT2D eigenvalue weighted by Gasteiger charge is 2.80. The van der Waals surface area contributed by atoms with E-state index in [1.54, 1.807) is 12.2 Å². The van der Waals surface area contributed by atoms with Gasteiger partial charge >= 0.3 is 5.97 Å². The Morgan fingerprint density at radius 1 is 1.19 bits per heavy atom. The maximum atomic E-state index is 13.2. The first-order valence-electron chi connectivity index (χ1n) is 9.44. The topological polar surface area (TPSA) is 93.2 Å². The van der Waals surface area contributed by atoms with Crippen LogP contribution in [-0.4, -0.2) is 48.1 Å². The largest absolute Gasteiger partial charge is 0.464 e. The lowest BCUT2D eigenvalue weighted by Gasteiger charge is -2.58. The van der Waals surface area contributed by atoms with E-state index in [-0.39, 0.29) is 18.3 Å². The molecule has 7 atom stereocenters. The van der Waals surface area contributed by atoms with Crippen LogP contribution in [0, 0.1) is 34.0 Å². The van der Waals surface area contributed by atoms with Gasteiger partial charge in [0, 0.05) is 5.92 Å². The van der Waals surface area contributed by atoms with Crippen LogP contribution in [0.3, 0.4) is 0 Å². The molecule has 2 bridgehead atoms. The molecule has 3 aliphatic carbocycles. The van der Waals surface area contributed by atoms with Gasteiger partial charge in [-0.2, -0.15) is 0 Å². The molecule has 0 aromatic carbocycles. The number of hydrogen-bond acceptors (Lipinski definition) is 6. The number of ether oxygens (including phenoxy) is 2. The molecule has 0 radical (unpaired) electrons. The number of carbonyl (C=O) groups excluding carboxylic acids is 3. The van der Waals surface area contributed by atoms with Gasteiger partial charge in [0.1, 0.15) is 30.0 Å². The van der Waals surface area contributed by atoms with E-state index in [9.17, 15) is 19.5 Å². The molecule has 2 saturated heterocycles. The van der Waals surface area contributed by atoms with Gasteiger partial charge in [0.25, 0.3) is 0 Å². The lowest BCUT2D eigenvalue weighted by molar-refractivity contribution is -0.213. The quantitative estimate of drug-likeness (QED) is 0.427. The molecule has 0 aromatic heterocycles. The van der Waals surface area contributed by atoms with Crippen LogP contribution >= 0.6 is 0 Å². The minimum Gasteiger partial charge on any atom is -0.464 e. The van der Waals surface area contributed by atoms with Crippen molar-refractivity contribution in [3.8, 4) is 0 Å². The fourth-order valence-electron chi connectivity index (χ4n) is 6.82. The van der Waals surface area contributed by atoms with Gasteiger partial charge in [0.15, 0.2) is 5.78 Å². The van der Waals surface area contributed by atoms with Crippen LogP contribution in [-0.2, 0) is 23.9 Å². The average Bonchev–Trinajstić information content (AvgIpc) is 3.39. The second kappa shape index (κ2) is 4.65. The predicted octanol–water partition coefficient (Wildman–Crippen LogP) is 1.06. The van der Waals surface area contributed by atoms with E-state index in [1.165, 1.54) is 0 Å². The maximum absolute atomic E-state index is 13.2. The number of epoxide rings is 1. The number of carbonyl (C=O) groups is 3. The summed E-state index contributed by atoms with van der Waals surface area (Å²) < 4.78 is 11.2. The van der Waals surface area contributed by atoms with Crippen molar-refractivity contribution in [2.24, 2.45) is 34.0 Å². The fraction of sp³-hybridized carbons (Fsp3) is 0.750. The molecule has 4 fully saturated rings. The minimum absolute atomic E-state index is 0.0838. The van der Waals surface area contributed by atoms with Gasteiger partial charge in [-0.3, -0.25) is 9.59 Å². The van der Waals surface area contributed by atoms with E-state index >= 15 is 0 Å². The Morgan fingerprint density at radius 2 is 1.92 bits per heavy atom. The first-order chi connectivity index (χ1) is 12.3. The standard InChI is InChI=1S/C20H24O6/c1-17(2)6-5-14(22)19(13(17)8-21)9-25-16(24)18-7-11(3-4-12(18)19)20(10-26-20)15(18)23/h5-6,8,11-13,15,23H,3-4,7,9-10H2,1-2H3/t11-,12-,13-,15-,18-,19+,20+/m1/s1. The van der Waals surface area contributed by atoms with Crippen molar-refractivity contribution in [1.82, 2.24) is 0 Å². The highest BCUT2D eigenvalue weighted by atomic mass is 16.6. The number of ketones is 1. The molecule has 2 heterocycles. The van der Waals surface area contributed by atoms with E-state index in [0.717, 1.165) is 12.7 Å². The molecule has 5 aliphatic rings. The second-order valence-electron chi connectivity index (χ2n) is 9.47. The van der Waals surface area contributed by atoms with Gasteiger partial charge in [0.2, 0.25) is 0 Å². The molecule has 0 amide bonds. The Hall–Kier alpha value is -1.53. The lowest BCUT2D eigenvalue weighted by atomic mass is 9.46. The van der Waals surface area contributed by atoms with Crippen LogP contribution in [0.2, 0.25) is 0 Å². The van der Waals surface area contributed by atoms with E-state index in [4.69, 9.17) is 9.47 Å². The molecular formula is C20H24O6. The number of esters is 1. The van der Waals surface area contributed by atoms with Crippen LogP contribution < -0.4 is 0 Å². The van der Waals surface area contributed by atoms with E-state index in [1.807, 2.05) is 13.8 Å². The van der Waals surface area contributed by atoms with Crippen molar-refractivity contribution in [2.45, 2.75) is 44.8 Å². The number of cyclic esters (lactones) is 1. The first kappa shape index (κ1) is 16.6. The second-order valence-corrected chi connectivity index (χ2v) is 9.47. The van der Waals surface area contributed by atoms with Crippen LogP contribution in [0.5, 0.6) is 0 Å². The summed E-state index contributed by atoms with van der Waals surface area (Å²) in [6, 6.07) is 0. The molecule has 140 valence electrons. The normalized spacial score (nSPS) is 53.5. The summed E-state index contributed by atoms with van der Waals surface area (Å²) in [4.78, 5) is 38.3. The van der Waals surface area contributed by atoms with Crippen molar-refractivity contribution in [3.05, 3.63) is 12.2 Å². The number of aliphatic hydroxyl groups is 1. The molecule has 0 aromatic rings.